The van der Waals surface area contributed by atoms with Gasteiger partial charge in [-0.1, -0.05) is 66.2 Å². The molecule has 0 aliphatic heterocycles. The van der Waals surface area contributed by atoms with E-state index in [2.05, 4.69) is 27.7 Å². The zero-order chi connectivity index (χ0) is 22.2. The normalized spacial score (nSPS) is 19.0. The van der Waals surface area contributed by atoms with Gasteiger partial charge in [0.05, 0.1) is 13.2 Å². The minimum Gasteiger partial charge on any atom is -0.434 e. The number of hydrogen-bond acceptors (Lipinski definition) is 6. The van der Waals surface area contributed by atoms with Crippen molar-refractivity contribution in [3.05, 3.63) is 0 Å². The molecule has 0 aromatic heterocycles. The van der Waals surface area contributed by atoms with E-state index in [4.69, 9.17) is 18.9 Å². The second-order valence-electron chi connectivity index (χ2n) is 9.28. The highest BCUT2D eigenvalue weighted by Gasteiger charge is 2.32. The molecule has 1 rings (SSSR count). The molecule has 1 fully saturated rings. The van der Waals surface area contributed by atoms with E-state index >= 15 is 0 Å². The van der Waals surface area contributed by atoms with Crippen LogP contribution in [0.3, 0.4) is 0 Å². The maximum absolute atomic E-state index is 12.0. The topological polar surface area (TPSA) is 71.1 Å². The van der Waals surface area contributed by atoms with E-state index in [0.717, 1.165) is 51.4 Å². The SMILES string of the molecule is CC(C)CCCCCOC(=O)OC1CCCCC1OC(=O)OCCCCCC(C)C. The van der Waals surface area contributed by atoms with E-state index in [1.165, 1.54) is 12.8 Å². The van der Waals surface area contributed by atoms with Crippen LogP contribution in [0.1, 0.15) is 105 Å². The minimum absolute atomic E-state index is 0.369. The zero-order valence-electron chi connectivity index (χ0n) is 19.7. The monoisotopic (exact) mass is 428 g/mol. The van der Waals surface area contributed by atoms with Crippen LogP contribution in [0.4, 0.5) is 9.59 Å². The summed E-state index contributed by atoms with van der Waals surface area (Å²) in [7, 11) is 0. The fourth-order valence-corrected chi connectivity index (χ4v) is 3.62. The van der Waals surface area contributed by atoms with Crippen LogP contribution in [-0.4, -0.2) is 37.7 Å². The minimum atomic E-state index is -0.669. The molecule has 1 aliphatic rings. The second kappa shape index (κ2) is 16.3. The molecule has 6 heteroatoms. The Morgan fingerprint density at radius 1 is 0.667 bits per heavy atom. The molecular weight excluding hydrogens is 384 g/mol. The molecule has 0 aromatic rings. The van der Waals surface area contributed by atoms with Gasteiger partial charge in [-0.15, -0.1) is 0 Å². The first-order chi connectivity index (χ1) is 14.4. The van der Waals surface area contributed by atoms with Crippen LogP contribution in [0, 0.1) is 11.8 Å². The lowest BCUT2D eigenvalue weighted by Gasteiger charge is -2.29. The molecule has 0 spiro atoms. The largest absolute Gasteiger partial charge is 0.508 e. The number of carbonyl (C=O) groups excluding carboxylic acids is 2. The van der Waals surface area contributed by atoms with E-state index < -0.39 is 24.5 Å². The van der Waals surface area contributed by atoms with E-state index in [0.29, 0.717) is 37.9 Å². The summed E-state index contributed by atoms with van der Waals surface area (Å²) < 4.78 is 21.3. The zero-order valence-corrected chi connectivity index (χ0v) is 19.7. The summed E-state index contributed by atoms with van der Waals surface area (Å²) in [5.41, 5.74) is 0. The highest BCUT2D eigenvalue weighted by molar-refractivity contribution is 5.61. The van der Waals surface area contributed by atoms with E-state index in [1.54, 1.807) is 0 Å². The lowest BCUT2D eigenvalue weighted by atomic mass is 9.95. The van der Waals surface area contributed by atoms with Crippen LogP contribution in [-0.2, 0) is 18.9 Å². The Hall–Kier alpha value is -1.46. The van der Waals surface area contributed by atoms with Crippen molar-refractivity contribution >= 4 is 12.3 Å². The molecule has 0 aromatic carbocycles. The van der Waals surface area contributed by atoms with Gasteiger partial charge < -0.3 is 18.9 Å². The van der Waals surface area contributed by atoms with Crippen molar-refractivity contribution in [2.24, 2.45) is 11.8 Å². The van der Waals surface area contributed by atoms with Crippen LogP contribution >= 0.6 is 0 Å². The van der Waals surface area contributed by atoms with Crippen molar-refractivity contribution in [1.29, 1.82) is 0 Å². The summed E-state index contributed by atoms with van der Waals surface area (Å²) in [4.78, 5) is 24.0. The number of unbranched alkanes of at least 4 members (excludes halogenated alkanes) is 4. The molecule has 30 heavy (non-hydrogen) atoms. The van der Waals surface area contributed by atoms with E-state index in [9.17, 15) is 9.59 Å². The lowest BCUT2D eigenvalue weighted by Crippen LogP contribution is -2.38. The van der Waals surface area contributed by atoms with Crippen LogP contribution in [0.2, 0.25) is 0 Å². The van der Waals surface area contributed by atoms with Gasteiger partial charge in [0.25, 0.3) is 0 Å². The maximum Gasteiger partial charge on any atom is 0.508 e. The number of rotatable bonds is 14. The van der Waals surface area contributed by atoms with Crippen molar-refractivity contribution in [3.8, 4) is 0 Å². The Balaban J connectivity index is 2.20. The average Bonchev–Trinajstić information content (AvgIpc) is 2.68. The van der Waals surface area contributed by atoms with Crippen molar-refractivity contribution in [2.75, 3.05) is 13.2 Å². The molecular formula is C24H44O6. The predicted octanol–water partition coefficient (Wildman–Crippen LogP) is 7.04. The van der Waals surface area contributed by atoms with Gasteiger partial charge in [0.2, 0.25) is 0 Å². The molecule has 0 saturated heterocycles. The maximum atomic E-state index is 12.0. The molecule has 0 N–H and O–H groups in total. The Morgan fingerprint density at radius 2 is 1.07 bits per heavy atom. The van der Waals surface area contributed by atoms with Crippen molar-refractivity contribution < 1.29 is 28.5 Å². The quantitative estimate of drug-likeness (QED) is 0.218. The molecule has 0 amide bonds. The fourth-order valence-electron chi connectivity index (χ4n) is 3.62. The van der Waals surface area contributed by atoms with Gasteiger partial charge in [-0.05, 0) is 50.4 Å². The number of ether oxygens (including phenoxy) is 4. The molecule has 0 bridgehead atoms. The van der Waals surface area contributed by atoms with Crippen molar-refractivity contribution in [3.63, 3.8) is 0 Å². The van der Waals surface area contributed by atoms with Crippen molar-refractivity contribution in [2.45, 2.75) is 117 Å². The Labute approximate surface area is 183 Å². The highest BCUT2D eigenvalue weighted by Crippen LogP contribution is 2.25. The highest BCUT2D eigenvalue weighted by atomic mass is 16.8. The first kappa shape index (κ1) is 26.6. The van der Waals surface area contributed by atoms with Gasteiger partial charge in [0.15, 0.2) is 0 Å². The molecule has 0 radical (unpaired) electrons. The van der Waals surface area contributed by atoms with Gasteiger partial charge in [-0.2, -0.15) is 0 Å². The van der Waals surface area contributed by atoms with Crippen LogP contribution in [0.15, 0.2) is 0 Å². The Morgan fingerprint density at radius 3 is 1.43 bits per heavy atom. The third-order valence-electron chi connectivity index (χ3n) is 5.43. The van der Waals surface area contributed by atoms with Gasteiger partial charge in [0.1, 0.15) is 12.2 Å². The van der Waals surface area contributed by atoms with Crippen molar-refractivity contribution in [1.82, 2.24) is 0 Å². The number of carbonyl (C=O) groups is 2. The van der Waals surface area contributed by atoms with Crippen LogP contribution < -0.4 is 0 Å². The third-order valence-corrected chi connectivity index (χ3v) is 5.43. The van der Waals surface area contributed by atoms with E-state index in [1.807, 2.05) is 0 Å². The summed E-state index contributed by atoms with van der Waals surface area (Å²) in [6.45, 7) is 9.57. The predicted molar refractivity (Wildman–Crippen MR) is 118 cm³/mol. The van der Waals surface area contributed by atoms with Gasteiger partial charge in [0, 0.05) is 0 Å². The van der Waals surface area contributed by atoms with Gasteiger partial charge in [-0.3, -0.25) is 0 Å². The summed E-state index contributed by atoms with van der Waals surface area (Å²) >= 11 is 0. The Bertz CT molecular complexity index is 421. The first-order valence-electron chi connectivity index (χ1n) is 12.0. The lowest BCUT2D eigenvalue weighted by molar-refractivity contribution is -0.0713. The summed E-state index contributed by atoms with van der Waals surface area (Å²) in [6, 6.07) is 0. The molecule has 1 saturated carbocycles. The summed E-state index contributed by atoms with van der Waals surface area (Å²) in [6.07, 6.45) is 9.46. The average molecular weight is 429 g/mol. The molecule has 0 heterocycles. The van der Waals surface area contributed by atoms with Gasteiger partial charge >= 0.3 is 12.3 Å². The van der Waals surface area contributed by atoms with Gasteiger partial charge in [-0.25, -0.2) is 9.59 Å². The molecule has 2 unspecified atom stereocenters. The second-order valence-corrected chi connectivity index (χ2v) is 9.28. The summed E-state index contributed by atoms with van der Waals surface area (Å²) in [5, 5.41) is 0. The molecule has 6 nitrogen and oxygen atoms in total. The number of hydrogen-bond donors (Lipinski definition) is 0. The smallest absolute Gasteiger partial charge is 0.434 e. The Kier molecular flexibility index (Phi) is 14.4. The standard InChI is InChI=1S/C24H44O6/c1-19(2)13-7-5-11-17-27-23(25)29-21-15-9-10-16-22(21)30-24(26)28-18-12-6-8-14-20(3)4/h19-22H,5-18H2,1-4H3. The fraction of sp³-hybridized carbons (Fsp3) is 0.917. The third kappa shape index (κ3) is 13.7. The summed E-state index contributed by atoms with van der Waals surface area (Å²) in [5.74, 6) is 1.41. The first-order valence-corrected chi connectivity index (χ1v) is 12.0. The van der Waals surface area contributed by atoms with Crippen LogP contribution in [0.5, 0.6) is 0 Å². The molecule has 1 aliphatic carbocycles. The molecule has 2 atom stereocenters. The molecule has 176 valence electrons. The van der Waals surface area contributed by atoms with E-state index in [-0.39, 0.29) is 0 Å². The van der Waals surface area contributed by atoms with Crippen LogP contribution in [0.25, 0.3) is 0 Å².